The number of carbonyl (C=O) groups excluding carboxylic acids is 2. The van der Waals surface area contributed by atoms with Crippen molar-refractivity contribution in [2.45, 2.75) is 13.8 Å². The molecule has 1 aliphatic rings. The summed E-state index contributed by atoms with van der Waals surface area (Å²) >= 11 is 0. The van der Waals surface area contributed by atoms with E-state index >= 15 is 0 Å². The van der Waals surface area contributed by atoms with E-state index < -0.39 is 4.92 Å². The minimum absolute atomic E-state index is 0.0192. The van der Waals surface area contributed by atoms with Gasteiger partial charge in [-0.2, -0.15) is 0 Å². The van der Waals surface area contributed by atoms with Gasteiger partial charge in [0.15, 0.2) is 5.78 Å². The molecule has 37 heavy (non-hydrogen) atoms. The van der Waals surface area contributed by atoms with E-state index in [1.165, 1.54) is 12.3 Å². The lowest BCUT2D eigenvalue weighted by atomic mass is 9.94. The first-order valence-corrected chi connectivity index (χ1v) is 12.1. The van der Waals surface area contributed by atoms with Crippen LogP contribution in [-0.4, -0.2) is 52.7 Å². The van der Waals surface area contributed by atoms with Crippen molar-refractivity contribution in [3.8, 4) is 0 Å². The number of benzene rings is 3. The van der Waals surface area contributed by atoms with Gasteiger partial charge in [-0.15, -0.1) is 0 Å². The minimum atomic E-state index is -0.401. The molecule has 0 aliphatic carbocycles. The van der Waals surface area contributed by atoms with Crippen LogP contribution in [0.4, 0.5) is 11.4 Å². The van der Waals surface area contributed by atoms with E-state index in [9.17, 15) is 19.7 Å². The summed E-state index contributed by atoms with van der Waals surface area (Å²) in [6.45, 7) is 5.90. The van der Waals surface area contributed by atoms with Crippen LogP contribution >= 0.6 is 0 Å². The molecule has 1 saturated heterocycles. The van der Waals surface area contributed by atoms with Gasteiger partial charge in [-0.3, -0.25) is 24.7 Å². The number of hydrogen-bond acceptors (Lipinski definition) is 6. The average molecular weight is 495 g/mol. The first kappa shape index (κ1) is 24.1. The molecule has 1 aromatic heterocycles. The SMILES string of the molecule is Cc1ccc(C)c(C(=O)c2ccccc2C(=O)N2CCN(c3ccc([N+](=O)[O-])c4cnccc34)CC2)c1. The number of rotatable bonds is 5. The van der Waals surface area contributed by atoms with Crippen LogP contribution < -0.4 is 4.90 Å². The number of aryl methyl sites for hydroxylation is 2. The summed E-state index contributed by atoms with van der Waals surface area (Å²) in [5.74, 6) is -0.332. The third kappa shape index (κ3) is 4.53. The van der Waals surface area contributed by atoms with E-state index in [0.717, 1.165) is 22.2 Å². The molecule has 0 N–H and O–H groups in total. The summed E-state index contributed by atoms with van der Waals surface area (Å²) < 4.78 is 0. The smallest absolute Gasteiger partial charge is 0.278 e. The Morgan fingerprint density at radius 1 is 0.865 bits per heavy atom. The van der Waals surface area contributed by atoms with Crippen LogP contribution in [0.15, 0.2) is 73.1 Å². The van der Waals surface area contributed by atoms with Gasteiger partial charge in [0.1, 0.15) is 0 Å². The number of non-ortho nitro benzene ring substituents is 1. The van der Waals surface area contributed by atoms with Gasteiger partial charge in [-0.1, -0.05) is 35.9 Å². The molecule has 0 saturated carbocycles. The summed E-state index contributed by atoms with van der Waals surface area (Å²) in [5, 5.41) is 12.7. The molecule has 0 bridgehead atoms. The minimum Gasteiger partial charge on any atom is -0.367 e. The molecule has 186 valence electrons. The van der Waals surface area contributed by atoms with Crippen LogP contribution in [0.3, 0.4) is 0 Å². The summed E-state index contributed by atoms with van der Waals surface area (Å²) in [6, 6.07) is 17.8. The van der Waals surface area contributed by atoms with Gasteiger partial charge in [0.2, 0.25) is 0 Å². The molecule has 3 aromatic carbocycles. The Balaban J connectivity index is 1.37. The van der Waals surface area contributed by atoms with E-state index in [1.807, 2.05) is 32.0 Å². The summed E-state index contributed by atoms with van der Waals surface area (Å²) in [5.41, 5.74) is 4.16. The van der Waals surface area contributed by atoms with E-state index in [1.54, 1.807) is 47.5 Å². The molecule has 5 rings (SSSR count). The fraction of sp³-hybridized carbons (Fsp3) is 0.207. The normalized spacial score (nSPS) is 13.6. The van der Waals surface area contributed by atoms with Crippen molar-refractivity contribution in [2.24, 2.45) is 0 Å². The molecule has 8 nitrogen and oxygen atoms in total. The number of piperazine rings is 1. The Morgan fingerprint density at radius 3 is 2.32 bits per heavy atom. The van der Waals surface area contributed by atoms with Crippen LogP contribution in [0.5, 0.6) is 0 Å². The number of aromatic nitrogens is 1. The number of nitrogens with zero attached hydrogens (tertiary/aromatic N) is 4. The number of carbonyl (C=O) groups is 2. The zero-order valence-electron chi connectivity index (χ0n) is 20.7. The molecule has 0 atom stereocenters. The molecule has 1 fully saturated rings. The number of nitro benzene ring substituents is 1. The number of nitro groups is 1. The summed E-state index contributed by atoms with van der Waals surface area (Å²) in [7, 11) is 0. The van der Waals surface area contributed by atoms with Crippen molar-refractivity contribution in [1.29, 1.82) is 0 Å². The van der Waals surface area contributed by atoms with Gasteiger partial charge < -0.3 is 9.80 Å². The monoisotopic (exact) mass is 494 g/mol. The van der Waals surface area contributed by atoms with Crippen molar-refractivity contribution >= 4 is 33.8 Å². The predicted octanol–water partition coefficient (Wildman–Crippen LogP) is 4.95. The fourth-order valence-corrected chi connectivity index (χ4v) is 4.91. The third-order valence-electron chi connectivity index (χ3n) is 6.92. The van der Waals surface area contributed by atoms with Gasteiger partial charge >= 0.3 is 0 Å². The topological polar surface area (TPSA) is 96.7 Å². The van der Waals surface area contributed by atoms with Gasteiger partial charge in [0, 0.05) is 66.8 Å². The maximum absolute atomic E-state index is 13.6. The highest BCUT2D eigenvalue weighted by atomic mass is 16.6. The van der Waals surface area contributed by atoms with E-state index in [0.29, 0.717) is 48.3 Å². The number of fused-ring (bicyclic) bond motifs is 1. The lowest BCUT2D eigenvalue weighted by Gasteiger charge is -2.36. The quantitative estimate of drug-likeness (QED) is 0.221. The Hall–Kier alpha value is -4.59. The van der Waals surface area contributed by atoms with Crippen LogP contribution in [0.25, 0.3) is 10.8 Å². The van der Waals surface area contributed by atoms with Gasteiger partial charge in [0.25, 0.3) is 11.6 Å². The van der Waals surface area contributed by atoms with Crippen molar-refractivity contribution in [3.05, 3.63) is 111 Å². The Kier molecular flexibility index (Phi) is 6.40. The fourth-order valence-electron chi connectivity index (χ4n) is 4.91. The largest absolute Gasteiger partial charge is 0.367 e. The zero-order valence-corrected chi connectivity index (χ0v) is 20.7. The number of ketones is 1. The van der Waals surface area contributed by atoms with Crippen molar-refractivity contribution in [3.63, 3.8) is 0 Å². The molecule has 1 amide bonds. The standard InChI is InChI=1S/C29H26N4O4/c1-19-7-8-20(2)24(17-19)28(34)22-5-3-4-6-23(22)29(35)32-15-13-31(14-16-32)26-9-10-27(33(36)37)25-18-30-12-11-21(25)26/h3-12,17-18H,13-16H2,1-2H3. The zero-order chi connectivity index (χ0) is 26.1. The number of hydrogen-bond donors (Lipinski definition) is 0. The Morgan fingerprint density at radius 2 is 1.59 bits per heavy atom. The van der Waals surface area contributed by atoms with Crippen LogP contribution in [0.2, 0.25) is 0 Å². The molecule has 0 spiro atoms. The Labute approximate surface area is 214 Å². The maximum Gasteiger partial charge on any atom is 0.278 e. The average Bonchev–Trinajstić information content (AvgIpc) is 2.93. The number of anilines is 1. The highest BCUT2D eigenvalue weighted by molar-refractivity contribution is 6.16. The number of pyridine rings is 1. The molecule has 1 aliphatic heterocycles. The van der Waals surface area contributed by atoms with Crippen LogP contribution in [0, 0.1) is 24.0 Å². The second kappa shape index (κ2) is 9.81. The lowest BCUT2D eigenvalue weighted by Crippen LogP contribution is -2.49. The summed E-state index contributed by atoms with van der Waals surface area (Å²) in [4.78, 5) is 46.0. The number of amides is 1. The molecule has 0 unspecified atom stereocenters. The van der Waals surface area contributed by atoms with E-state index in [4.69, 9.17) is 0 Å². The van der Waals surface area contributed by atoms with Crippen molar-refractivity contribution in [2.75, 3.05) is 31.1 Å². The van der Waals surface area contributed by atoms with Crippen LogP contribution in [0.1, 0.15) is 37.4 Å². The Bertz CT molecular complexity index is 1540. The maximum atomic E-state index is 13.6. The first-order valence-electron chi connectivity index (χ1n) is 12.1. The molecular weight excluding hydrogens is 468 g/mol. The van der Waals surface area contributed by atoms with E-state index in [2.05, 4.69) is 9.88 Å². The van der Waals surface area contributed by atoms with Gasteiger partial charge in [0.05, 0.1) is 15.9 Å². The molecule has 4 aromatic rings. The van der Waals surface area contributed by atoms with Gasteiger partial charge in [-0.05, 0) is 43.7 Å². The summed E-state index contributed by atoms with van der Waals surface area (Å²) in [6.07, 6.45) is 3.14. The second-order valence-electron chi connectivity index (χ2n) is 9.25. The first-order chi connectivity index (χ1) is 17.8. The molecular formula is C29H26N4O4. The van der Waals surface area contributed by atoms with E-state index in [-0.39, 0.29) is 17.4 Å². The lowest BCUT2D eigenvalue weighted by molar-refractivity contribution is -0.383. The predicted molar refractivity (Wildman–Crippen MR) is 142 cm³/mol. The molecule has 0 radical (unpaired) electrons. The highest BCUT2D eigenvalue weighted by Crippen LogP contribution is 2.33. The third-order valence-corrected chi connectivity index (χ3v) is 6.92. The van der Waals surface area contributed by atoms with Crippen molar-refractivity contribution < 1.29 is 14.5 Å². The van der Waals surface area contributed by atoms with Crippen molar-refractivity contribution in [1.82, 2.24) is 9.88 Å². The van der Waals surface area contributed by atoms with Crippen LogP contribution in [-0.2, 0) is 0 Å². The second-order valence-corrected chi connectivity index (χ2v) is 9.25. The van der Waals surface area contributed by atoms with Gasteiger partial charge in [-0.25, -0.2) is 0 Å². The highest BCUT2D eigenvalue weighted by Gasteiger charge is 2.27. The molecule has 2 heterocycles. The molecule has 8 heteroatoms.